The molecule has 0 saturated heterocycles. The van der Waals surface area contributed by atoms with Crippen molar-refractivity contribution in [2.75, 3.05) is 0 Å². The number of ether oxygens (including phenoxy) is 3. The number of carboxylic acids is 1. The van der Waals surface area contributed by atoms with Crippen molar-refractivity contribution in [2.24, 2.45) is 0 Å². The number of esters is 1. The normalized spacial score (nSPS) is 10.6. The number of aromatic hydroxyl groups is 2. The van der Waals surface area contributed by atoms with Crippen molar-refractivity contribution in [2.45, 2.75) is 20.1 Å². The molecule has 0 radical (unpaired) electrons. The van der Waals surface area contributed by atoms with Crippen LogP contribution in [-0.2, 0) is 18.0 Å². The van der Waals surface area contributed by atoms with Crippen molar-refractivity contribution in [3.05, 3.63) is 112 Å². The molecule has 0 aliphatic rings. The van der Waals surface area contributed by atoms with Crippen LogP contribution in [0.5, 0.6) is 28.7 Å². The van der Waals surface area contributed by atoms with Gasteiger partial charge < -0.3 is 29.5 Å². The van der Waals surface area contributed by atoms with Gasteiger partial charge in [-0.3, -0.25) is 0 Å². The molecule has 3 N–H and O–H groups in total. The van der Waals surface area contributed by atoms with Gasteiger partial charge >= 0.3 is 11.9 Å². The smallest absolute Gasteiger partial charge is 0.346 e. The van der Waals surface area contributed by atoms with Crippen LogP contribution in [0.15, 0.2) is 78.9 Å². The van der Waals surface area contributed by atoms with E-state index in [4.69, 9.17) is 25.8 Å². The average molecular weight is 535 g/mol. The molecule has 0 amide bonds. The van der Waals surface area contributed by atoms with Gasteiger partial charge in [0.15, 0.2) is 0 Å². The lowest BCUT2D eigenvalue weighted by Gasteiger charge is -2.17. The summed E-state index contributed by atoms with van der Waals surface area (Å²) in [5.74, 6) is -3.55. The van der Waals surface area contributed by atoms with Crippen LogP contribution >= 0.6 is 11.6 Å². The first kappa shape index (κ1) is 26.4. The lowest BCUT2D eigenvalue weighted by molar-refractivity contribution is 0.0465. The Morgan fingerprint density at radius 1 is 0.789 bits per heavy atom. The molecule has 0 fully saturated rings. The van der Waals surface area contributed by atoms with Crippen LogP contribution in [0.25, 0.3) is 0 Å². The third-order valence-electron chi connectivity index (χ3n) is 5.60. The molecule has 4 rings (SSSR count). The molecule has 9 heteroatoms. The summed E-state index contributed by atoms with van der Waals surface area (Å²) in [4.78, 5) is 24.5. The molecule has 0 bridgehead atoms. The van der Waals surface area contributed by atoms with Crippen LogP contribution in [0.3, 0.4) is 0 Å². The summed E-state index contributed by atoms with van der Waals surface area (Å²) >= 11 is 6.39. The average Bonchev–Trinajstić information content (AvgIpc) is 2.89. The first-order valence-electron chi connectivity index (χ1n) is 11.4. The van der Waals surface area contributed by atoms with Crippen LogP contribution in [0.1, 0.15) is 37.4 Å². The zero-order valence-corrected chi connectivity index (χ0v) is 20.9. The standard InChI is InChI=1S/C29H23ClO8/c1-17-25(28(33)34)23(14-24(27(17)30)36-15-18-8-4-2-5-9-18)38-20-12-21(31)26(22(32)13-20)29(35)37-16-19-10-6-3-7-11-19/h2-14,31-32H,15-16H2,1H3,(H,33,34). The van der Waals surface area contributed by atoms with E-state index in [9.17, 15) is 24.9 Å². The van der Waals surface area contributed by atoms with E-state index in [0.29, 0.717) is 0 Å². The highest BCUT2D eigenvalue weighted by Crippen LogP contribution is 2.41. The molecule has 0 spiro atoms. The van der Waals surface area contributed by atoms with Gasteiger partial charge in [-0.1, -0.05) is 72.3 Å². The molecule has 38 heavy (non-hydrogen) atoms. The number of hydrogen-bond acceptors (Lipinski definition) is 7. The van der Waals surface area contributed by atoms with E-state index in [1.165, 1.54) is 13.0 Å². The van der Waals surface area contributed by atoms with Crippen LogP contribution < -0.4 is 9.47 Å². The topological polar surface area (TPSA) is 123 Å². The fourth-order valence-electron chi connectivity index (χ4n) is 3.70. The van der Waals surface area contributed by atoms with Gasteiger partial charge in [-0.25, -0.2) is 9.59 Å². The second-order valence-electron chi connectivity index (χ2n) is 8.27. The molecular formula is C29H23ClO8. The summed E-state index contributed by atoms with van der Waals surface area (Å²) < 4.78 is 16.7. The summed E-state index contributed by atoms with van der Waals surface area (Å²) in [6, 6.07) is 21.7. The third kappa shape index (κ3) is 5.99. The summed E-state index contributed by atoms with van der Waals surface area (Å²) in [6.45, 7) is 1.62. The van der Waals surface area contributed by atoms with Crippen LogP contribution in [-0.4, -0.2) is 27.3 Å². The SMILES string of the molecule is Cc1c(Cl)c(OCc2ccccc2)cc(Oc2cc(O)c(C(=O)OCc3ccccc3)c(O)c2)c1C(=O)O. The molecule has 8 nitrogen and oxygen atoms in total. The molecule has 0 heterocycles. The Hall–Kier alpha value is -4.69. The van der Waals surface area contributed by atoms with E-state index in [0.717, 1.165) is 23.3 Å². The zero-order valence-electron chi connectivity index (χ0n) is 20.2. The van der Waals surface area contributed by atoms with Crippen LogP contribution in [0, 0.1) is 6.92 Å². The Labute approximate surface area is 223 Å². The van der Waals surface area contributed by atoms with Gasteiger partial charge in [0.25, 0.3) is 0 Å². The molecule has 4 aromatic carbocycles. The second kappa shape index (κ2) is 11.6. The quantitative estimate of drug-likeness (QED) is 0.208. The number of halogens is 1. The van der Waals surface area contributed by atoms with Crippen molar-refractivity contribution in [3.8, 4) is 28.7 Å². The Balaban J connectivity index is 1.59. The first-order valence-corrected chi connectivity index (χ1v) is 11.8. The largest absolute Gasteiger partial charge is 0.507 e. The van der Waals surface area contributed by atoms with E-state index in [1.54, 1.807) is 24.3 Å². The monoisotopic (exact) mass is 534 g/mol. The van der Waals surface area contributed by atoms with Crippen molar-refractivity contribution >= 4 is 23.5 Å². The molecule has 0 atom stereocenters. The van der Waals surface area contributed by atoms with E-state index in [-0.39, 0.29) is 46.6 Å². The van der Waals surface area contributed by atoms with E-state index < -0.39 is 29.0 Å². The van der Waals surface area contributed by atoms with E-state index >= 15 is 0 Å². The number of aromatic carboxylic acids is 1. The number of rotatable bonds is 9. The van der Waals surface area contributed by atoms with Crippen LogP contribution in [0.2, 0.25) is 5.02 Å². The summed E-state index contributed by atoms with van der Waals surface area (Å²) in [6.07, 6.45) is 0. The third-order valence-corrected chi connectivity index (χ3v) is 6.06. The fraction of sp³-hybridized carbons (Fsp3) is 0.103. The minimum atomic E-state index is -1.30. The van der Waals surface area contributed by atoms with Gasteiger partial charge in [0.2, 0.25) is 0 Å². The maximum atomic E-state index is 12.5. The molecule has 0 aliphatic heterocycles. The van der Waals surface area contributed by atoms with Crippen molar-refractivity contribution in [1.82, 2.24) is 0 Å². The number of hydrogen-bond donors (Lipinski definition) is 3. The molecule has 0 aliphatic carbocycles. The first-order chi connectivity index (χ1) is 18.2. The maximum absolute atomic E-state index is 12.5. The molecule has 0 saturated carbocycles. The predicted octanol–water partition coefficient (Wildman–Crippen LogP) is 6.49. The highest BCUT2D eigenvalue weighted by molar-refractivity contribution is 6.33. The summed E-state index contributed by atoms with van der Waals surface area (Å²) in [5, 5.41) is 30.8. The number of phenols is 2. The van der Waals surface area contributed by atoms with Crippen molar-refractivity contribution in [3.63, 3.8) is 0 Å². The summed E-state index contributed by atoms with van der Waals surface area (Å²) in [7, 11) is 0. The minimum Gasteiger partial charge on any atom is -0.507 e. The number of carbonyl (C=O) groups excluding carboxylic acids is 1. The molecular weight excluding hydrogens is 512 g/mol. The lowest BCUT2D eigenvalue weighted by Crippen LogP contribution is -2.07. The van der Waals surface area contributed by atoms with Gasteiger partial charge in [-0.05, 0) is 23.6 Å². The Morgan fingerprint density at radius 2 is 1.34 bits per heavy atom. The van der Waals surface area contributed by atoms with Gasteiger partial charge in [-0.2, -0.15) is 0 Å². The number of carbonyl (C=O) groups is 2. The van der Waals surface area contributed by atoms with E-state index in [2.05, 4.69) is 0 Å². The van der Waals surface area contributed by atoms with Crippen molar-refractivity contribution in [1.29, 1.82) is 0 Å². The number of benzene rings is 4. The van der Waals surface area contributed by atoms with Gasteiger partial charge in [0.1, 0.15) is 53.1 Å². The Bertz CT molecular complexity index is 1450. The molecule has 0 unspecified atom stereocenters. The Morgan fingerprint density at radius 3 is 1.89 bits per heavy atom. The number of carboxylic acid groups (broad SMARTS) is 1. The predicted molar refractivity (Wildman–Crippen MR) is 139 cm³/mol. The van der Waals surface area contributed by atoms with Gasteiger partial charge in [0.05, 0.1) is 5.02 Å². The van der Waals surface area contributed by atoms with E-state index in [1.807, 2.05) is 36.4 Å². The fourth-order valence-corrected chi connectivity index (χ4v) is 3.90. The van der Waals surface area contributed by atoms with Crippen LogP contribution in [0.4, 0.5) is 0 Å². The molecule has 194 valence electrons. The minimum absolute atomic E-state index is 0.0609. The van der Waals surface area contributed by atoms with Gasteiger partial charge in [-0.15, -0.1) is 0 Å². The number of phenolic OH excluding ortho intramolecular Hbond substituents is 2. The van der Waals surface area contributed by atoms with Gasteiger partial charge in [0, 0.05) is 18.2 Å². The Kier molecular flexibility index (Phi) is 8.03. The highest BCUT2D eigenvalue weighted by Gasteiger charge is 2.24. The molecule has 0 aromatic heterocycles. The second-order valence-corrected chi connectivity index (χ2v) is 8.64. The summed E-state index contributed by atoms with van der Waals surface area (Å²) in [5.41, 5.74) is 1.12. The highest BCUT2D eigenvalue weighted by atomic mass is 35.5. The lowest BCUT2D eigenvalue weighted by atomic mass is 10.1. The maximum Gasteiger partial charge on any atom is 0.346 e. The zero-order chi connectivity index (χ0) is 27.2. The molecule has 4 aromatic rings. The van der Waals surface area contributed by atoms with Crippen molar-refractivity contribution < 1.29 is 39.1 Å².